The van der Waals surface area contributed by atoms with E-state index in [0.717, 1.165) is 6.92 Å². The maximum Gasteiger partial charge on any atom is 2.00 e. The molecule has 0 aromatic rings. The van der Waals surface area contributed by atoms with Crippen molar-refractivity contribution < 1.29 is 29.5 Å². The van der Waals surface area contributed by atoms with Crippen molar-refractivity contribution in [3.63, 3.8) is 0 Å². The number of hydrogen-bond donors (Lipinski definition) is 1. The number of carboxylic acid groups (broad SMARTS) is 1. The molecule has 0 saturated heterocycles. The maximum atomic E-state index is 9.00. The molecule has 37 valence electrons. The maximum absolute atomic E-state index is 9.00. The summed E-state index contributed by atoms with van der Waals surface area (Å²) in [6.07, 6.45) is 0. The molecular weight excluding hydrogens is 155 g/mol. The van der Waals surface area contributed by atoms with E-state index in [9.17, 15) is 0 Å². The van der Waals surface area contributed by atoms with Crippen molar-refractivity contribution in [3.8, 4) is 0 Å². The molecule has 1 radical (unpaired) electrons. The molecule has 1 N–H and O–H groups in total. The minimum absolute atomic E-state index is 0. The first kappa shape index (κ1) is 15.7. The van der Waals surface area contributed by atoms with Gasteiger partial charge in [-0.25, -0.2) is 0 Å². The smallest absolute Gasteiger partial charge is 1.00 e. The van der Waals surface area contributed by atoms with E-state index >= 15 is 0 Å². The molecule has 0 spiro atoms. The third kappa shape index (κ3) is 61.5. The van der Waals surface area contributed by atoms with Gasteiger partial charge in [-0.05, 0) is 0 Å². The Morgan fingerprint density at radius 3 is 1.83 bits per heavy atom. The number of carboxylic acids is 1. The fourth-order valence-corrected chi connectivity index (χ4v) is 0. The van der Waals surface area contributed by atoms with E-state index in [4.69, 9.17) is 9.90 Å². The van der Waals surface area contributed by atoms with Crippen LogP contribution in [0.5, 0.6) is 0 Å². The van der Waals surface area contributed by atoms with Crippen LogP contribution in [0.4, 0.5) is 0 Å². The van der Waals surface area contributed by atoms with Crippen LogP contribution in [-0.2, 0) is 21.6 Å². The molecule has 0 atom stereocenters. The Hall–Kier alpha value is 1.24. The second-order valence-electron chi connectivity index (χ2n) is 0.519. The van der Waals surface area contributed by atoms with Gasteiger partial charge in [-0.1, -0.05) is 0 Å². The van der Waals surface area contributed by atoms with Crippen LogP contribution in [-0.4, -0.2) is 48.8 Å². The van der Waals surface area contributed by atoms with Crippen LogP contribution in [0.1, 0.15) is 9.78 Å². The summed E-state index contributed by atoms with van der Waals surface area (Å²) in [6, 6.07) is 0. The first-order valence-corrected chi connectivity index (χ1v) is 0.928. The molecule has 0 aliphatic carbocycles. The summed E-state index contributed by atoms with van der Waals surface area (Å²) in [4.78, 5) is 9.00. The van der Waals surface area contributed by atoms with Gasteiger partial charge in [-0.2, -0.15) is 0 Å². The van der Waals surface area contributed by atoms with Crippen LogP contribution < -0.4 is 0 Å². The van der Waals surface area contributed by atoms with Crippen LogP contribution in [0.2, 0.25) is 0 Å². The molecule has 0 rings (SSSR count). The number of hydrogen-bond acceptors (Lipinski definition) is 1. The van der Waals surface area contributed by atoms with E-state index in [1.54, 1.807) is 0 Å². The average Bonchev–Trinajstić information content (AvgIpc) is 0.811. The Labute approximate surface area is 79.5 Å². The van der Waals surface area contributed by atoms with Crippen LogP contribution >= 0.6 is 0 Å². The summed E-state index contributed by atoms with van der Waals surface area (Å²) in [7, 11) is 0. The Kier molecular flexibility index (Phi) is 24.9. The van der Waals surface area contributed by atoms with Crippen molar-refractivity contribution in [1.82, 2.24) is 0 Å². The summed E-state index contributed by atoms with van der Waals surface area (Å²) >= 11 is 0. The normalized spacial score (nSPS) is 4.17. The summed E-state index contributed by atoms with van der Waals surface area (Å²) in [6.45, 7) is 1.08. The molecule has 0 aromatic heterocycles. The molecule has 4 heteroatoms. The third-order valence-electron chi connectivity index (χ3n) is 0. The topological polar surface area (TPSA) is 37.3 Å². The first-order valence-electron chi connectivity index (χ1n) is 0.928. The zero-order chi connectivity index (χ0) is 3.58. The van der Waals surface area contributed by atoms with E-state index in [-0.39, 0.29) is 57.4 Å². The van der Waals surface area contributed by atoms with Gasteiger partial charge in [-0.3, -0.25) is 4.79 Å². The van der Waals surface area contributed by atoms with Gasteiger partial charge in [0.15, 0.2) is 0 Å². The molecule has 0 bridgehead atoms. The number of aliphatic carboxylic acids is 1. The molecule has 2 nitrogen and oxygen atoms in total. The zero-order valence-electron chi connectivity index (χ0n) is 5.40. The Bertz CT molecular complexity index is 41.0. The van der Waals surface area contributed by atoms with E-state index in [1.165, 1.54) is 0 Å². The van der Waals surface area contributed by atoms with Crippen molar-refractivity contribution in [3.05, 3.63) is 0 Å². The monoisotopic (exact) mass is 161 g/mol. The predicted octanol–water partition coefficient (Wildman–Crippen LogP) is -0.0674. The van der Waals surface area contributed by atoms with Gasteiger partial charge < -0.3 is 7.96 Å². The first-order chi connectivity index (χ1) is 1.73. The Balaban J connectivity index is -0.00000000750. The number of carbonyl (C=O) groups is 1. The molecule has 0 amide bonds. The van der Waals surface area contributed by atoms with E-state index in [1.807, 2.05) is 0 Å². The SMILES string of the molecule is CC(=O)O.[Ca+2].[Co].[H-].[H-]. The van der Waals surface area contributed by atoms with Crippen molar-refractivity contribution in [2.24, 2.45) is 0 Å². The quantitative estimate of drug-likeness (QED) is 0.505. The van der Waals surface area contributed by atoms with Gasteiger partial charge in [-0.15, -0.1) is 0 Å². The summed E-state index contributed by atoms with van der Waals surface area (Å²) in [5.41, 5.74) is 0. The zero-order valence-corrected chi connectivity index (χ0v) is 6.65. The van der Waals surface area contributed by atoms with Crippen molar-refractivity contribution in [2.45, 2.75) is 6.92 Å². The molecule has 0 fully saturated rings. The molecular formula is C2H6CaCoO2. The van der Waals surface area contributed by atoms with E-state index in [2.05, 4.69) is 0 Å². The standard InChI is InChI=1S/C2H4O2.Ca.Co.2H/c1-2(3)4;;;;/h1H3,(H,3,4);;;;/q;+2;;2*-1. The van der Waals surface area contributed by atoms with Gasteiger partial charge >= 0.3 is 37.7 Å². The van der Waals surface area contributed by atoms with Gasteiger partial charge in [0.2, 0.25) is 0 Å². The fraction of sp³-hybridized carbons (Fsp3) is 0.500. The van der Waals surface area contributed by atoms with Gasteiger partial charge in [0.05, 0.1) is 0 Å². The minimum atomic E-state index is -0.833. The minimum Gasteiger partial charge on any atom is -1.00 e. The van der Waals surface area contributed by atoms with E-state index in [0.29, 0.717) is 0 Å². The second-order valence-corrected chi connectivity index (χ2v) is 0.519. The molecule has 0 saturated carbocycles. The third-order valence-corrected chi connectivity index (χ3v) is 0. The van der Waals surface area contributed by atoms with E-state index < -0.39 is 5.97 Å². The Morgan fingerprint density at radius 1 is 1.83 bits per heavy atom. The average molecular weight is 161 g/mol. The molecule has 0 unspecified atom stereocenters. The van der Waals surface area contributed by atoms with Gasteiger partial charge in [0, 0.05) is 23.7 Å². The molecule has 0 aliphatic heterocycles. The molecule has 0 aromatic carbocycles. The van der Waals surface area contributed by atoms with Crippen LogP contribution in [0, 0.1) is 0 Å². The number of rotatable bonds is 0. The van der Waals surface area contributed by atoms with Crippen molar-refractivity contribution >= 4 is 43.7 Å². The van der Waals surface area contributed by atoms with Crippen molar-refractivity contribution in [1.29, 1.82) is 0 Å². The predicted molar refractivity (Wildman–Crippen MR) is 21.3 cm³/mol. The van der Waals surface area contributed by atoms with Crippen LogP contribution in [0.3, 0.4) is 0 Å². The molecule has 0 aliphatic rings. The van der Waals surface area contributed by atoms with Crippen LogP contribution in [0.15, 0.2) is 0 Å². The summed E-state index contributed by atoms with van der Waals surface area (Å²) in [5, 5.41) is 7.42. The van der Waals surface area contributed by atoms with Crippen molar-refractivity contribution in [2.75, 3.05) is 0 Å². The summed E-state index contributed by atoms with van der Waals surface area (Å²) < 4.78 is 0. The second kappa shape index (κ2) is 9.53. The Morgan fingerprint density at radius 2 is 1.83 bits per heavy atom. The van der Waals surface area contributed by atoms with Crippen LogP contribution in [0.25, 0.3) is 0 Å². The molecule has 0 heterocycles. The molecule has 6 heavy (non-hydrogen) atoms. The largest absolute Gasteiger partial charge is 2.00 e. The summed E-state index contributed by atoms with van der Waals surface area (Å²) in [5.74, 6) is -0.833. The fourth-order valence-electron chi connectivity index (χ4n) is 0. The van der Waals surface area contributed by atoms with Gasteiger partial charge in [0.1, 0.15) is 0 Å². The van der Waals surface area contributed by atoms with Gasteiger partial charge in [0.25, 0.3) is 5.97 Å².